The van der Waals surface area contributed by atoms with Crippen molar-refractivity contribution in [3.63, 3.8) is 0 Å². The predicted molar refractivity (Wildman–Crippen MR) is 95.8 cm³/mol. The molecular formula is C20H11F4N3O. The van der Waals surface area contributed by atoms with E-state index in [1.165, 1.54) is 6.07 Å². The van der Waals surface area contributed by atoms with Crippen molar-refractivity contribution < 1.29 is 22.4 Å². The van der Waals surface area contributed by atoms with E-state index in [1.54, 1.807) is 18.2 Å². The van der Waals surface area contributed by atoms with Gasteiger partial charge in [0.1, 0.15) is 17.2 Å². The number of aromatic nitrogens is 2. The number of hydrogen-bond acceptors (Lipinski definition) is 2. The molecular weight excluding hydrogens is 374 g/mol. The van der Waals surface area contributed by atoms with Crippen molar-refractivity contribution in [2.75, 3.05) is 5.32 Å². The average Bonchev–Trinajstić information content (AvgIpc) is 3.06. The van der Waals surface area contributed by atoms with Crippen molar-refractivity contribution in [2.45, 2.75) is 0 Å². The summed E-state index contributed by atoms with van der Waals surface area (Å²) in [7, 11) is 0. The Hall–Kier alpha value is -3.68. The highest BCUT2D eigenvalue weighted by Gasteiger charge is 2.19. The van der Waals surface area contributed by atoms with E-state index in [-0.39, 0.29) is 5.82 Å². The first-order chi connectivity index (χ1) is 13.4. The number of benzene rings is 3. The summed E-state index contributed by atoms with van der Waals surface area (Å²) in [6, 6.07) is 11.5. The Morgan fingerprint density at radius 1 is 0.821 bits per heavy atom. The highest BCUT2D eigenvalue weighted by molar-refractivity contribution is 6.08. The number of carbonyl (C=O) groups is 1. The van der Waals surface area contributed by atoms with Crippen LogP contribution in [0.5, 0.6) is 0 Å². The molecule has 0 radical (unpaired) electrons. The zero-order valence-electron chi connectivity index (χ0n) is 14.1. The van der Waals surface area contributed by atoms with Crippen molar-refractivity contribution in [3.05, 3.63) is 83.4 Å². The van der Waals surface area contributed by atoms with E-state index in [9.17, 15) is 22.4 Å². The number of nitrogens with zero attached hydrogens (tertiary/aromatic N) is 1. The van der Waals surface area contributed by atoms with Gasteiger partial charge in [0.2, 0.25) is 0 Å². The number of aromatic amines is 1. The molecule has 1 aromatic heterocycles. The molecule has 4 nitrogen and oxygen atoms in total. The van der Waals surface area contributed by atoms with Gasteiger partial charge in [-0.3, -0.25) is 9.89 Å². The number of amides is 1. The Kier molecular flexibility index (Phi) is 4.31. The number of nitrogens with one attached hydrogen (secondary N) is 2. The largest absolute Gasteiger partial charge is 0.304 e. The molecule has 0 unspecified atom stereocenters. The number of hydrogen-bond donors (Lipinski definition) is 2. The maximum absolute atomic E-state index is 13.8. The van der Waals surface area contributed by atoms with Crippen LogP contribution >= 0.6 is 0 Å². The summed E-state index contributed by atoms with van der Waals surface area (Å²) >= 11 is 0. The summed E-state index contributed by atoms with van der Waals surface area (Å²) in [6.45, 7) is 0. The zero-order valence-corrected chi connectivity index (χ0v) is 14.1. The molecule has 0 spiro atoms. The van der Waals surface area contributed by atoms with Crippen LogP contribution < -0.4 is 5.32 Å². The minimum absolute atomic E-state index is 0.0829. The number of rotatable bonds is 3. The number of carbonyl (C=O) groups excluding carboxylic acids is 1. The van der Waals surface area contributed by atoms with Crippen LogP contribution in [-0.4, -0.2) is 16.1 Å². The topological polar surface area (TPSA) is 57.8 Å². The lowest BCUT2D eigenvalue weighted by molar-refractivity contribution is 0.101. The van der Waals surface area contributed by atoms with Gasteiger partial charge >= 0.3 is 0 Å². The molecule has 140 valence electrons. The molecule has 1 amide bonds. The number of anilines is 1. The highest BCUT2D eigenvalue weighted by Crippen LogP contribution is 2.28. The summed E-state index contributed by atoms with van der Waals surface area (Å²) in [6.07, 6.45) is 0. The van der Waals surface area contributed by atoms with Crippen LogP contribution in [-0.2, 0) is 0 Å². The second-order valence-corrected chi connectivity index (χ2v) is 6.01. The van der Waals surface area contributed by atoms with Crippen LogP contribution in [0.25, 0.3) is 22.0 Å². The number of H-pyrrole nitrogens is 1. The van der Waals surface area contributed by atoms with Gasteiger partial charge < -0.3 is 5.32 Å². The fourth-order valence-electron chi connectivity index (χ4n) is 2.85. The third-order valence-corrected chi connectivity index (χ3v) is 4.24. The third kappa shape index (κ3) is 3.09. The van der Waals surface area contributed by atoms with Crippen LogP contribution in [0, 0.1) is 23.3 Å². The normalized spacial score (nSPS) is 11.0. The predicted octanol–water partition coefficient (Wildman–Crippen LogP) is 5.04. The van der Waals surface area contributed by atoms with E-state index in [0.717, 1.165) is 30.3 Å². The van der Waals surface area contributed by atoms with E-state index < -0.39 is 34.7 Å². The van der Waals surface area contributed by atoms with Gasteiger partial charge in [-0.05, 0) is 47.5 Å². The molecule has 0 saturated heterocycles. The van der Waals surface area contributed by atoms with Crippen molar-refractivity contribution >= 4 is 22.6 Å². The van der Waals surface area contributed by atoms with Crippen LogP contribution in [0.3, 0.4) is 0 Å². The lowest BCUT2D eigenvalue weighted by Crippen LogP contribution is -2.16. The molecule has 0 bridgehead atoms. The molecule has 3 aromatic carbocycles. The van der Waals surface area contributed by atoms with E-state index in [0.29, 0.717) is 22.0 Å². The summed E-state index contributed by atoms with van der Waals surface area (Å²) in [4.78, 5) is 12.2. The summed E-state index contributed by atoms with van der Waals surface area (Å²) < 4.78 is 54.1. The van der Waals surface area contributed by atoms with Crippen LogP contribution in [0.2, 0.25) is 0 Å². The zero-order chi connectivity index (χ0) is 19.8. The second kappa shape index (κ2) is 6.80. The SMILES string of the molecule is O=C(Nc1n[nH]c2cc(-c3ccc(F)c(F)c3)ccc12)c1c(F)cccc1F. The fraction of sp³-hybridized carbons (Fsp3) is 0. The Morgan fingerprint density at radius 2 is 1.50 bits per heavy atom. The van der Waals surface area contributed by atoms with E-state index >= 15 is 0 Å². The van der Waals surface area contributed by atoms with Gasteiger partial charge in [0.05, 0.1) is 5.52 Å². The first kappa shape index (κ1) is 17.7. The van der Waals surface area contributed by atoms with Crippen molar-refractivity contribution in [1.82, 2.24) is 10.2 Å². The molecule has 0 saturated carbocycles. The number of halogens is 4. The highest BCUT2D eigenvalue weighted by atomic mass is 19.2. The van der Waals surface area contributed by atoms with E-state index in [2.05, 4.69) is 15.5 Å². The van der Waals surface area contributed by atoms with Gasteiger partial charge in [-0.25, -0.2) is 17.6 Å². The molecule has 0 aliphatic rings. The molecule has 0 aliphatic carbocycles. The Bertz CT molecular complexity index is 1200. The Morgan fingerprint density at radius 3 is 2.21 bits per heavy atom. The van der Waals surface area contributed by atoms with Gasteiger partial charge in [-0.1, -0.05) is 18.2 Å². The first-order valence-electron chi connectivity index (χ1n) is 8.13. The molecule has 1 heterocycles. The summed E-state index contributed by atoms with van der Waals surface area (Å²) in [5.41, 5.74) is 0.825. The molecule has 28 heavy (non-hydrogen) atoms. The Balaban J connectivity index is 1.67. The molecule has 4 aromatic rings. The molecule has 4 rings (SSSR count). The van der Waals surface area contributed by atoms with Crippen molar-refractivity contribution in [2.24, 2.45) is 0 Å². The van der Waals surface area contributed by atoms with E-state index in [1.807, 2.05) is 0 Å². The minimum Gasteiger partial charge on any atom is -0.304 e. The number of fused-ring (bicyclic) bond motifs is 1. The quantitative estimate of drug-likeness (QED) is 0.486. The summed E-state index contributed by atoms with van der Waals surface area (Å²) in [5.74, 6) is -4.79. The fourth-order valence-corrected chi connectivity index (χ4v) is 2.85. The van der Waals surface area contributed by atoms with Crippen LogP contribution in [0.1, 0.15) is 10.4 Å². The molecule has 0 atom stereocenters. The average molecular weight is 385 g/mol. The first-order valence-corrected chi connectivity index (χ1v) is 8.13. The van der Waals surface area contributed by atoms with Gasteiger partial charge in [0.25, 0.3) is 5.91 Å². The monoisotopic (exact) mass is 385 g/mol. The lowest BCUT2D eigenvalue weighted by Gasteiger charge is -2.06. The Labute approximate surface area is 155 Å². The van der Waals surface area contributed by atoms with Gasteiger partial charge in [-0.15, -0.1) is 0 Å². The van der Waals surface area contributed by atoms with E-state index in [4.69, 9.17) is 0 Å². The maximum atomic E-state index is 13.8. The molecule has 0 aliphatic heterocycles. The van der Waals surface area contributed by atoms with Crippen molar-refractivity contribution in [1.29, 1.82) is 0 Å². The molecule has 2 N–H and O–H groups in total. The molecule has 8 heteroatoms. The smallest absolute Gasteiger partial charge is 0.262 e. The second-order valence-electron chi connectivity index (χ2n) is 6.01. The maximum Gasteiger partial charge on any atom is 0.262 e. The standard InChI is InChI=1S/C20H11F4N3O/c21-13-7-5-10(8-16(13)24)11-4-6-12-17(9-11)26-27-19(12)25-20(28)18-14(22)2-1-3-15(18)23/h1-9H,(H2,25,26,27,28). The van der Waals surface area contributed by atoms with Crippen molar-refractivity contribution in [3.8, 4) is 11.1 Å². The van der Waals surface area contributed by atoms with Gasteiger partial charge in [0.15, 0.2) is 17.5 Å². The van der Waals surface area contributed by atoms with Gasteiger partial charge in [0, 0.05) is 5.39 Å². The van der Waals surface area contributed by atoms with Crippen LogP contribution in [0.4, 0.5) is 23.4 Å². The lowest BCUT2D eigenvalue weighted by atomic mass is 10.0. The van der Waals surface area contributed by atoms with Crippen LogP contribution in [0.15, 0.2) is 54.6 Å². The molecule has 0 fully saturated rings. The van der Waals surface area contributed by atoms with Gasteiger partial charge in [-0.2, -0.15) is 5.10 Å². The minimum atomic E-state index is -0.988. The summed E-state index contributed by atoms with van der Waals surface area (Å²) in [5, 5.41) is 9.49. The third-order valence-electron chi connectivity index (χ3n) is 4.24.